The smallest absolute Gasteiger partial charge is 0.340 e. The lowest BCUT2D eigenvalue weighted by Crippen LogP contribution is -2.31. The van der Waals surface area contributed by atoms with Crippen LogP contribution < -0.4 is 16.1 Å². The van der Waals surface area contributed by atoms with Crippen molar-refractivity contribution in [3.05, 3.63) is 64.2 Å². The van der Waals surface area contributed by atoms with Crippen molar-refractivity contribution in [2.45, 2.75) is 6.92 Å². The maximum atomic E-state index is 11.6. The summed E-state index contributed by atoms with van der Waals surface area (Å²) in [7, 11) is 0. The number of nitro groups is 1. The van der Waals surface area contributed by atoms with Crippen LogP contribution >= 0.6 is 0 Å². The highest BCUT2D eigenvalue weighted by Gasteiger charge is 2.11. The van der Waals surface area contributed by atoms with Gasteiger partial charge in [-0.05, 0) is 24.3 Å². The van der Waals surface area contributed by atoms with Crippen molar-refractivity contribution in [1.82, 2.24) is 0 Å². The molecule has 0 aromatic heterocycles. The number of rotatable bonds is 5. The highest BCUT2D eigenvalue weighted by atomic mass is 16.6. The Balaban J connectivity index is 2.23. The summed E-state index contributed by atoms with van der Waals surface area (Å²) in [6, 6.07) is 11.3. The van der Waals surface area contributed by atoms with Gasteiger partial charge in [-0.1, -0.05) is 12.1 Å². The molecule has 0 aliphatic heterocycles. The Labute approximate surface area is 142 Å². The molecule has 0 radical (unpaired) electrons. The Morgan fingerprint density at radius 3 is 2.48 bits per heavy atom. The summed E-state index contributed by atoms with van der Waals surface area (Å²) in [4.78, 5) is 32.9. The second-order valence-electron chi connectivity index (χ2n) is 4.97. The number of carbonyl (C=O) groups is 2. The Hall–Kier alpha value is -3.75. The van der Waals surface area contributed by atoms with Crippen LogP contribution in [0.3, 0.4) is 0 Å². The summed E-state index contributed by atoms with van der Waals surface area (Å²) in [5, 5.41) is 18.3. The summed E-state index contributed by atoms with van der Waals surface area (Å²) >= 11 is 0. The van der Waals surface area contributed by atoms with E-state index in [1.165, 1.54) is 31.3 Å². The minimum Gasteiger partial charge on any atom is -0.350 e. The summed E-state index contributed by atoms with van der Waals surface area (Å²) in [5.41, 5.74) is 6.61. The zero-order valence-electron chi connectivity index (χ0n) is 13.2. The molecule has 0 aliphatic carbocycles. The number of anilines is 2. The molecule has 0 aliphatic rings. The van der Waals surface area contributed by atoms with Crippen molar-refractivity contribution >= 4 is 35.2 Å². The molecule has 2 aromatic rings. The zero-order chi connectivity index (χ0) is 18.4. The Kier molecular flexibility index (Phi) is 5.41. The second kappa shape index (κ2) is 7.68. The predicted molar refractivity (Wildman–Crippen MR) is 93.5 cm³/mol. The highest BCUT2D eigenvalue weighted by molar-refractivity contribution is 5.94. The number of non-ortho nitro benzene ring substituents is 1. The van der Waals surface area contributed by atoms with Gasteiger partial charge in [0.1, 0.15) is 0 Å². The van der Waals surface area contributed by atoms with E-state index < -0.39 is 11.0 Å². The van der Waals surface area contributed by atoms with Crippen LogP contribution in [0, 0.1) is 10.1 Å². The van der Waals surface area contributed by atoms with Gasteiger partial charge in [0.25, 0.3) is 5.69 Å². The van der Waals surface area contributed by atoms with Gasteiger partial charge in [0.15, 0.2) is 0 Å². The second-order valence-corrected chi connectivity index (χ2v) is 4.97. The molecule has 0 saturated carbocycles. The number of urea groups is 1. The zero-order valence-corrected chi connectivity index (χ0v) is 13.2. The molecule has 3 amide bonds. The van der Waals surface area contributed by atoms with Gasteiger partial charge >= 0.3 is 6.03 Å². The summed E-state index contributed by atoms with van der Waals surface area (Å²) in [5.74, 6) is -0.219. The fourth-order valence-corrected chi connectivity index (χ4v) is 1.98. The molecule has 0 saturated heterocycles. The average molecular weight is 341 g/mol. The Morgan fingerprint density at radius 2 is 1.92 bits per heavy atom. The average Bonchev–Trinajstić information content (AvgIpc) is 2.56. The third kappa shape index (κ3) is 4.86. The molecule has 9 nitrogen and oxygen atoms in total. The predicted octanol–water partition coefficient (Wildman–Crippen LogP) is 2.47. The van der Waals surface area contributed by atoms with Crippen LogP contribution in [0.5, 0.6) is 0 Å². The molecule has 0 fully saturated rings. The van der Waals surface area contributed by atoms with Gasteiger partial charge in [-0.2, -0.15) is 10.1 Å². The van der Waals surface area contributed by atoms with E-state index in [9.17, 15) is 19.7 Å². The minimum absolute atomic E-state index is 0.0887. The maximum Gasteiger partial charge on any atom is 0.340 e. The van der Waals surface area contributed by atoms with E-state index in [1.54, 1.807) is 30.3 Å². The first kappa shape index (κ1) is 17.6. The van der Waals surface area contributed by atoms with Crippen LogP contribution in [-0.2, 0) is 4.79 Å². The molecule has 3 N–H and O–H groups in total. The first-order chi connectivity index (χ1) is 11.9. The maximum absolute atomic E-state index is 11.6. The molecule has 0 spiro atoms. The highest BCUT2D eigenvalue weighted by Crippen LogP contribution is 2.19. The first-order valence-electron chi connectivity index (χ1n) is 7.12. The lowest BCUT2D eigenvalue weighted by Gasteiger charge is -2.14. The van der Waals surface area contributed by atoms with Gasteiger partial charge in [0, 0.05) is 30.3 Å². The van der Waals surface area contributed by atoms with Gasteiger partial charge < -0.3 is 11.1 Å². The molecular weight excluding hydrogens is 326 g/mol. The summed E-state index contributed by atoms with van der Waals surface area (Å²) in [6.45, 7) is 1.38. The number of nitrogens with two attached hydrogens (primary N) is 1. The van der Waals surface area contributed by atoms with E-state index in [0.29, 0.717) is 16.9 Å². The molecule has 0 unspecified atom stereocenters. The number of hydrogen-bond donors (Lipinski definition) is 2. The van der Waals surface area contributed by atoms with E-state index >= 15 is 0 Å². The van der Waals surface area contributed by atoms with E-state index in [2.05, 4.69) is 10.4 Å². The first-order valence-corrected chi connectivity index (χ1v) is 7.12. The normalized spacial score (nSPS) is 10.4. The van der Waals surface area contributed by atoms with Gasteiger partial charge in [-0.3, -0.25) is 14.9 Å². The number of hydrogen-bond acceptors (Lipinski definition) is 5. The summed E-state index contributed by atoms with van der Waals surface area (Å²) < 4.78 is 0. The van der Waals surface area contributed by atoms with Crippen molar-refractivity contribution in [3.63, 3.8) is 0 Å². The van der Waals surface area contributed by atoms with Crippen molar-refractivity contribution in [3.8, 4) is 0 Å². The lowest BCUT2D eigenvalue weighted by atomic mass is 10.2. The molecule has 0 heterocycles. The van der Waals surface area contributed by atoms with Crippen molar-refractivity contribution < 1.29 is 14.5 Å². The van der Waals surface area contributed by atoms with Crippen LogP contribution in [0.4, 0.5) is 21.9 Å². The number of benzene rings is 2. The van der Waals surface area contributed by atoms with Gasteiger partial charge in [-0.25, -0.2) is 4.79 Å². The number of nitrogens with one attached hydrogen (secondary N) is 1. The fourth-order valence-electron chi connectivity index (χ4n) is 1.98. The monoisotopic (exact) mass is 341 g/mol. The molecule has 0 atom stereocenters. The summed E-state index contributed by atoms with van der Waals surface area (Å²) in [6.07, 6.45) is 1.29. The number of amides is 3. The molecule has 25 heavy (non-hydrogen) atoms. The Bertz CT molecular complexity index is 833. The fraction of sp³-hybridized carbons (Fsp3) is 0.0625. The van der Waals surface area contributed by atoms with Crippen molar-refractivity contribution in [1.29, 1.82) is 0 Å². The van der Waals surface area contributed by atoms with Crippen molar-refractivity contribution in [2.75, 3.05) is 10.3 Å². The molecule has 2 rings (SSSR count). The van der Waals surface area contributed by atoms with E-state index in [1.807, 2.05) is 0 Å². The number of hydrazone groups is 1. The quantitative estimate of drug-likeness (QED) is 0.491. The number of nitro benzene ring substituents is 1. The third-order valence-electron chi connectivity index (χ3n) is 3.04. The van der Waals surface area contributed by atoms with Gasteiger partial charge in [-0.15, -0.1) is 0 Å². The van der Waals surface area contributed by atoms with Crippen LogP contribution in [-0.4, -0.2) is 23.1 Å². The third-order valence-corrected chi connectivity index (χ3v) is 3.04. The molecule has 128 valence electrons. The van der Waals surface area contributed by atoms with E-state index in [4.69, 9.17) is 5.73 Å². The van der Waals surface area contributed by atoms with Crippen LogP contribution in [0.2, 0.25) is 0 Å². The largest absolute Gasteiger partial charge is 0.350 e. The van der Waals surface area contributed by atoms with E-state index in [0.717, 1.165) is 5.01 Å². The van der Waals surface area contributed by atoms with Gasteiger partial charge in [0.2, 0.25) is 5.91 Å². The topological polar surface area (TPSA) is 131 Å². The minimum atomic E-state index is -0.825. The standard InChI is InChI=1S/C16H15N5O4/c1-11(22)19-13-5-7-14(8-6-13)20(16(17)23)18-10-12-3-2-4-15(9-12)21(24)25/h2-10H,1H3,(H2,17,23)(H,19,22)/b18-10+. The molecule has 2 aromatic carbocycles. The molecule has 0 bridgehead atoms. The van der Waals surface area contributed by atoms with E-state index in [-0.39, 0.29) is 11.6 Å². The molecule has 9 heteroatoms. The van der Waals surface area contributed by atoms with Crippen LogP contribution in [0.25, 0.3) is 0 Å². The van der Waals surface area contributed by atoms with Crippen LogP contribution in [0.15, 0.2) is 53.6 Å². The lowest BCUT2D eigenvalue weighted by molar-refractivity contribution is -0.384. The number of carbonyl (C=O) groups excluding carboxylic acids is 2. The SMILES string of the molecule is CC(=O)Nc1ccc(N(/N=C/c2cccc([N+](=O)[O-])c2)C(N)=O)cc1. The van der Waals surface area contributed by atoms with Crippen molar-refractivity contribution in [2.24, 2.45) is 10.8 Å². The number of primary amides is 1. The Morgan fingerprint density at radius 1 is 1.24 bits per heavy atom. The van der Waals surface area contributed by atoms with Gasteiger partial charge in [0.05, 0.1) is 16.8 Å². The number of nitrogens with zero attached hydrogens (tertiary/aromatic N) is 3. The molecular formula is C16H15N5O4. The van der Waals surface area contributed by atoms with Crippen LogP contribution in [0.1, 0.15) is 12.5 Å².